The van der Waals surface area contributed by atoms with Crippen molar-refractivity contribution in [2.75, 3.05) is 19.6 Å². The van der Waals surface area contributed by atoms with E-state index in [-0.39, 0.29) is 29.1 Å². The van der Waals surface area contributed by atoms with E-state index in [0.29, 0.717) is 23.5 Å². The minimum absolute atomic E-state index is 0.0874. The van der Waals surface area contributed by atoms with Crippen molar-refractivity contribution in [2.45, 2.75) is 81.6 Å². The van der Waals surface area contributed by atoms with E-state index < -0.39 is 0 Å². The molecule has 192 valence electrons. The van der Waals surface area contributed by atoms with E-state index >= 15 is 0 Å². The number of piperidine rings is 1. The highest BCUT2D eigenvalue weighted by Gasteiger charge is 2.52. The van der Waals surface area contributed by atoms with Gasteiger partial charge in [-0.15, -0.1) is 0 Å². The lowest BCUT2D eigenvalue weighted by molar-refractivity contribution is -0.143. The summed E-state index contributed by atoms with van der Waals surface area (Å²) in [4.78, 5) is 21.4. The molecular weight excluding hydrogens is 473 g/mol. The van der Waals surface area contributed by atoms with Crippen LogP contribution in [0.5, 0.6) is 0 Å². The van der Waals surface area contributed by atoms with Gasteiger partial charge in [0.2, 0.25) is 5.91 Å². The molecule has 1 saturated carbocycles. The molecule has 6 rings (SSSR count). The molecule has 1 amide bonds. The van der Waals surface area contributed by atoms with Gasteiger partial charge in [-0.3, -0.25) is 4.79 Å². The zero-order chi connectivity index (χ0) is 24.7. The zero-order valence-corrected chi connectivity index (χ0v) is 21.8. The van der Waals surface area contributed by atoms with Crippen LogP contribution in [0.1, 0.15) is 80.5 Å². The van der Waals surface area contributed by atoms with Gasteiger partial charge < -0.3 is 10.2 Å². The van der Waals surface area contributed by atoms with E-state index in [2.05, 4.69) is 21.3 Å². The Balaban J connectivity index is 1.31. The number of carbonyl (C=O) groups is 1. The van der Waals surface area contributed by atoms with E-state index in [0.717, 1.165) is 56.5 Å². The summed E-state index contributed by atoms with van der Waals surface area (Å²) in [6, 6.07) is 11.4. The first-order chi connectivity index (χ1) is 17.6. The number of pyridine rings is 1. The number of hydrogen-bond donors (Lipinski definition) is 1. The van der Waals surface area contributed by atoms with Gasteiger partial charge in [-0.1, -0.05) is 55.1 Å². The summed E-state index contributed by atoms with van der Waals surface area (Å²) in [7, 11) is 0. The van der Waals surface area contributed by atoms with Crippen LogP contribution >= 0.6 is 11.6 Å². The minimum Gasteiger partial charge on any atom is -0.339 e. The molecule has 2 aliphatic carbocycles. The molecule has 2 aliphatic heterocycles. The number of amides is 1. The standard InChI is InChI=1S/C30H37ClFN3O/c31-28-13-12-23-26(34-28)11-6-15-30(23)19-33-18-24(30)29(36)35-16-14-21(22-9-4-5-10-25(22)32)17-27(35)20-7-2-1-3-8-20/h4-5,9-10,12-13,20-21,24,27,33H,1-3,6-8,11,14-19H2/t21-,24+,27+,30+/m1/s1. The molecule has 1 N–H and O–H groups in total. The number of halogens is 2. The van der Waals surface area contributed by atoms with Crippen LogP contribution in [-0.4, -0.2) is 41.5 Å². The molecule has 0 unspecified atom stereocenters. The minimum atomic E-state index is -0.207. The Labute approximate surface area is 219 Å². The first-order valence-electron chi connectivity index (χ1n) is 14.0. The first kappa shape index (κ1) is 24.4. The number of aromatic nitrogens is 1. The van der Waals surface area contributed by atoms with Crippen molar-refractivity contribution in [3.8, 4) is 0 Å². The van der Waals surface area contributed by atoms with Crippen LogP contribution < -0.4 is 5.32 Å². The van der Waals surface area contributed by atoms with Crippen LogP contribution in [0.4, 0.5) is 4.39 Å². The van der Waals surface area contributed by atoms with Gasteiger partial charge in [0.1, 0.15) is 11.0 Å². The summed E-state index contributed by atoms with van der Waals surface area (Å²) in [5.41, 5.74) is 2.91. The molecule has 3 fully saturated rings. The van der Waals surface area contributed by atoms with Gasteiger partial charge in [-0.25, -0.2) is 9.37 Å². The van der Waals surface area contributed by atoms with Crippen molar-refractivity contribution in [1.29, 1.82) is 0 Å². The van der Waals surface area contributed by atoms with Crippen molar-refractivity contribution in [3.05, 3.63) is 64.2 Å². The lowest BCUT2D eigenvalue weighted by Gasteiger charge is -2.48. The molecule has 1 spiro atoms. The molecule has 0 radical (unpaired) electrons. The Hall–Kier alpha value is -1.98. The van der Waals surface area contributed by atoms with Crippen molar-refractivity contribution >= 4 is 17.5 Å². The number of hydrogen-bond acceptors (Lipinski definition) is 3. The Kier molecular flexibility index (Phi) is 6.81. The molecule has 4 aliphatic rings. The van der Waals surface area contributed by atoms with Crippen LogP contribution in [0.25, 0.3) is 0 Å². The normalized spacial score (nSPS) is 30.9. The molecule has 2 saturated heterocycles. The number of likely N-dealkylation sites (tertiary alicyclic amines) is 1. The van der Waals surface area contributed by atoms with Crippen LogP contribution in [-0.2, 0) is 16.6 Å². The fraction of sp³-hybridized carbons (Fsp3) is 0.600. The lowest BCUT2D eigenvalue weighted by atomic mass is 9.64. The van der Waals surface area contributed by atoms with Gasteiger partial charge in [0.05, 0.1) is 5.92 Å². The van der Waals surface area contributed by atoms with Crippen molar-refractivity contribution < 1.29 is 9.18 Å². The summed E-state index contributed by atoms with van der Waals surface area (Å²) in [5.74, 6) is 0.802. The van der Waals surface area contributed by atoms with Crippen LogP contribution in [0.3, 0.4) is 0 Å². The maximum atomic E-state index is 14.7. The molecule has 6 heteroatoms. The largest absolute Gasteiger partial charge is 0.339 e. The fourth-order valence-corrected chi connectivity index (χ4v) is 8.14. The third-order valence-corrected chi connectivity index (χ3v) is 9.94. The number of nitrogens with zero attached hydrogens (tertiary/aromatic N) is 2. The predicted octanol–water partition coefficient (Wildman–Crippen LogP) is 6.02. The molecule has 1 aromatic heterocycles. The predicted molar refractivity (Wildman–Crippen MR) is 141 cm³/mol. The summed E-state index contributed by atoms with van der Waals surface area (Å²) >= 11 is 6.24. The molecule has 1 aromatic carbocycles. The van der Waals surface area contributed by atoms with Gasteiger partial charge in [-0.2, -0.15) is 0 Å². The number of carbonyl (C=O) groups excluding carboxylic acids is 1. The maximum absolute atomic E-state index is 14.7. The van der Waals surface area contributed by atoms with E-state index in [9.17, 15) is 9.18 Å². The summed E-state index contributed by atoms with van der Waals surface area (Å²) in [6.45, 7) is 2.25. The number of aryl methyl sites for hydroxylation is 1. The SMILES string of the molecule is O=C([C@@H]1CNC[C@]12CCCc1nc(Cl)ccc12)N1CC[C@@H](c2ccccc2F)C[C@H]1C1CCCCC1. The Morgan fingerprint density at radius 1 is 1.08 bits per heavy atom. The van der Waals surface area contributed by atoms with Crippen LogP contribution in [0.2, 0.25) is 5.15 Å². The summed E-state index contributed by atoms with van der Waals surface area (Å²) in [6.07, 6.45) is 10.8. The Bertz CT molecular complexity index is 1120. The summed E-state index contributed by atoms with van der Waals surface area (Å²) < 4.78 is 14.7. The quantitative estimate of drug-likeness (QED) is 0.514. The van der Waals surface area contributed by atoms with Gasteiger partial charge in [0, 0.05) is 36.8 Å². The van der Waals surface area contributed by atoms with Crippen molar-refractivity contribution in [1.82, 2.24) is 15.2 Å². The first-order valence-corrected chi connectivity index (χ1v) is 14.4. The maximum Gasteiger partial charge on any atom is 0.228 e. The Morgan fingerprint density at radius 3 is 2.75 bits per heavy atom. The molecule has 4 atom stereocenters. The summed E-state index contributed by atoms with van der Waals surface area (Å²) in [5, 5.41) is 4.12. The third-order valence-electron chi connectivity index (χ3n) is 9.73. The third kappa shape index (κ3) is 4.26. The molecular formula is C30H37ClFN3O. The average molecular weight is 510 g/mol. The smallest absolute Gasteiger partial charge is 0.228 e. The zero-order valence-electron chi connectivity index (χ0n) is 21.0. The van der Waals surface area contributed by atoms with Gasteiger partial charge in [-0.05, 0) is 80.0 Å². The Morgan fingerprint density at radius 2 is 1.92 bits per heavy atom. The van der Waals surface area contributed by atoms with Gasteiger partial charge >= 0.3 is 0 Å². The second-order valence-corrected chi connectivity index (χ2v) is 11.9. The van der Waals surface area contributed by atoms with E-state index in [4.69, 9.17) is 11.6 Å². The average Bonchev–Trinajstić information content (AvgIpc) is 3.32. The molecule has 2 aromatic rings. The lowest BCUT2D eigenvalue weighted by Crippen LogP contribution is -2.55. The number of benzene rings is 1. The van der Waals surface area contributed by atoms with Crippen LogP contribution in [0.15, 0.2) is 36.4 Å². The van der Waals surface area contributed by atoms with Crippen LogP contribution in [0, 0.1) is 17.7 Å². The number of nitrogens with one attached hydrogen (secondary N) is 1. The second kappa shape index (κ2) is 10.1. The molecule has 3 heterocycles. The highest BCUT2D eigenvalue weighted by Crippen LogP contribution is 2.47. The number of fused-ring (bicyclic) bond motifs is 2. The molecule has 4 nitrogen and oxygen atoms in total. The second-order valence-electron chi connectivity index (χ2n) is 11.6. The topological polar surface area (TPSA) is 45.2 Å². The molecule has 0 bridgehead atoms. The van der Waals surface area contributed by atoms with Crippen molar-refractivity contribution in [2.24, 2.45) is 11.8 Å². The fourth-order valence-electron chi connectivity index (χ4n) is 7.98. The number of rotatable bonds is 3. The highest BCUT2D eigenvalue weighted by atomic mass is 35.5. The molecule has 36 heavy (non-hydrogen) atoms. The highest BCUT2D eigenvalue weighted by molar-refractivity contribution is 6.29. The van der Waals surface area contributed by atoms with Gasteiger partial charge in [0.15, 0.2) is 0 Å². The van der Waals surface area contributed by atoms with Crippen molar-refractivity contribution in [3.63, 3.8) is 0 Å². The van der Waals surface area contributed by atoms with E-state index in [1.165, 1.54) is 37.7 Å². The van der Waals surface area contributed by atoms with E-state index in [1.807, 2.05) is 18.2 Å². The monoisotopic (exact) mass is 509 g/mol. The van der Waals surface area contributed by atoms with E-state index in [1.54, 1.807) is 12.1 Å². The van der Waals surface area contributed by atoms with Gasteiger partial charge in [0.25, 0.3) is 0 Å².